The quantitative estimate of drug-likeness (QED) is 0.476. The van der Waals surface area contributed by atoms with Crippen LogP contribution in [0.15, 0.2) is 83.9 Å². The molecule has 4 aromatic rings. The third-order valence-electron chi connectivity index (χ3n) is 5.09. The minimum atomic E-state index is -3.71. The number of nitrogens with one attached hydrogen (secondary N) is 1. The van der Waals surface area contributed by atoms with Gasteiger partial charge < -0.3 is 9.88 Å². The van der Waals surface area contributed by atoms with Crippen molar-refractivity contribution in [3.8, 4) is 0 Å². The average molecular weight is 437 g/mol. The molecule has 0 atom stereocenters. The summed E-state index contributed by atoms with van der Waals surface area (Å²) in [7, 11) is -3.71. The van der Waals surface area contributed by atoms with Crippen LogP contribution in [0.5, 0.6) is 0 Å². The van der Waals surface area contributed by atoms with Gasteiger partial charge in [-0.25, -0.2) is 12.8 Å². The van der Waals surface area contributed by atoms with Gasteiger partial charge in [0.2, 0.25) is 5.91 Å². The first-order chi connectivity index (χ1) is 14.8. The Bertz CT molecular complexity index is 1360. The molecule has 0 aliphatic carbocycles. The number of carbonyl (C=O) groups excluding carboxylic acids is 1. The van der Waals surface area contributed by atoms with Gasteiger partial charge in [0, 0.05) is 22.8 Å². The number of aromatic nitrogens is 1. The Hall–Kier alpha value is -3.45. The molecule has 31 heavy (non-hydrogen) atoms. The lowest BCUT2D eigenvalue weighted by Gasteiger charge is -2.09. The number of para-hydroxylation sites is 2. The summed E-state index contributed by atoms with van der Waals surface area (Å²) in [5.74, 6) is -0.925. The smallest absolute Gasteiger partial charge is 0.244 e. The monoisotopic (exact) mass is 436 g/mol. The highest BCUT2D eigenvalue weighted by atomic mass is 32.2. The second-order valence-electron chi connectivity index (χ2n) is 7.39. The fraction of sp³-hybridized carbons (Fsp3) is 0.125. The normalized spacial score (nSPS) is 11.5. The first-order valence-electron chi connectivity index (χ1n) is 9.74. The van der Waals surface area contributed by atoms with E-state index >= 15 is 0 Å². The lowest BCUT2D eigenvalue weighted by atomic mass is 10.2. The van der Waals surface area contributed by atoms with E-state index in [2.05, 4.69) is 5.32 Å². The maximum atomic E-state index is 13.2. The van der Waals surface area contributed by atoms with E-state index in [1.54, 1.807) is 28.8 Å². The Morgan fingerprint density at radius 2 is 1.65 bits per heavy atom. The summed E-state index contributed by atoms with van der Waals surface area (Å²) in [6, 6.07) is 19.9. The zero-order valence-corrected chi connectivity index (χ0v) is 17.7. The summed E-state index contributed by atoms with van der Waals surface area (Å²) in [6.07, 6.45) is 1.50. The Kier molecular flexibility index (Phi) is 5.61. The molecule has 5 nitrogen and oxygen atoms in total. The van der Waals surface area contributed by atoms with Crippen molar-refractivity contribution in [1.29, 1.82) is 0 Å². The predicted octanol–water partition coefficient (Wildman–Crippen LogP) is 4.70. The molecule has 1 heterocycles. The highest BCUT2D eigenvalue weighted by molar-refractivity contribution is 7.90. The van der Waals surface area contributed by atoms with Crippen molar-refractivity contribution in [2.45, 2.75) is 24.1 Å². The van der Waals surface area contributed by atoms with Crippen molar-refractivity contribution >= 4 is 32.3 Å². The fourth-order valence-electron chi connectivity index (χ4n) is 3.53. The van der Waals surface area contributed by atoms with Crippen LogP contribution in [0.3, 0.4) is 0 Å². The molecular weight excluding hydrogens is 415 g/mol. The summed E-state index contributed by atoms with van der Waals surface area (Å²) >= 11 is 0. The summed E-state index contributed by atoms with van der Waals surface area (Å²) in [5, 5.41) is 3.42. The molecular formula is C24H21FN2O3S. The molecule has 0 bridgehead atoms. The van der Waals surface area contributed by atoms with Crippen molar-refractivity contribution in [1.82, 2.24) is 4.57 Å². The molecule has 1 aromatic heterocycles. The molecule has 0 radical (unpaired) electrons. The highest BCUT2D eigenvalue weighted by Gasteiger charge is 2.22. The van der Waals surface area contributed by atoms with Crippen molar-refractivity contribution in [3.05, 3.63) is 95.9 Å². The standard InChI is InChI=1S/C24H21FN2O3S/c1-17-6-2-4-8-21(17)26-24(28)15-27-14-23(20-7-3-5-9-22(20)27)31(29,30)16-18-10-12-19(25)13-11-18/h2-14H,15-16H2,1H3,(H,26,28). The van der Waals surface area contributed by atoms with Crippen LogP contribution < -0.4 is 5.32 Å². The summed E-state index contributed by atoms with van der Waals surface area (Å²) in [5.41, 5.74) is 2.81. The van der Waals surface area contributed by atoms with Gasteiger partial charge in [0.05, 0.1) is 10.6 Å². The maximum absolute atomic E-state index is 13.2. The molecule has 0 aliphatic heterocycles. The van der Waals surface area contributed by atoms with Gasteiger partial charge in [0.1, 0.15) is 12.4 Å². The van der Waals surface area contributed by atoms with Gasteiger partial charge in [0.25, 0.3) is 0 Å². The Labute approximate surface area is 180 Å². The summed E-state index contributed by atoms with van der Waals surface area (Å²) in [4.78, 5) is 12.8. The van der Waals surface area contributed by atoms with Gasteiger partial charge in [-0.3, -0.25) is 4.79 Å². The fourth-order valence-corrected chi connectivity index (χ4v) is 5.11. The van der Waals surface area contributed by atoms with Crippen LogP contribution in [0, 0.1) is 12.7 Å². The zero-order chi connectivity index (χ0) is 22.0. The minimum Gasteiger partial charge on any atom is -0.337 e. The number of hydrogen-bond acceptors (Lipinski definition) is 3. The molecule has 1 amide bonds. The number of hydrogen-bond donors (Lipinski definition) is 1. The van der Waals surface area contributed by atoms with Gasteiger partial charge in [-0.15, -0.1) is 0 Å². The Morgan fingerprint density at radius 3 is 2.39 bits per heavy atom. The van der Waals surface area contributed by atoms with Crippen molar-refractivity contribution < 1.29 is 17.6 Å². The Balaban J connectivity index is 1.65. The third-order valence-corrected chi connectivity index (χ3v) is 6.80. The predicted molar refractivity (Wildman–Crippen MR) is 119 cm³/mol. The number of fused-ring (bicyclic) bond motifs is 1. The summed E-state index contributed by atoms with van der Waals surface area (Å²) in [6.45, 7) is 1.88. The first kappa shape index (κ1) is 20.8. The highest BCUT2D eigenvalue weighted by Crippen LogP contribution is 2.28. The lowest BCUT2D eigenvalue weighted by Crippen LogP contribution is -2.18. The molecule has 158 valence electrons. The molecule has 1 N–H and O–H groups in total. The third kappa shape index (κ3) is 4.51. The van der Waals surface area contributed by atoms with E-state index in [0.717, 1.165) is 5.56 Å². The van der Waals surface area contributed by atoms with Crippen LogP contribution in [0.2, 0.25) is 0 Å². The number of nitrogens with zero attached hydrogens (tertiary/aromatic N) is 1. The van der Waals surface area contributed by atoms with Crippen molar-refractivity contribution in [2.75, 3.05) is 5.32 Å². The molecule has 0 fully saturated rings. The van der Waals surface area contributed by atoms with E-state index in [1.165, 1.54) is 30.5 Å². The van der Waals surface area contributed by atoms with Crippen molar-refractivity contribution in [2.24, 2.45) is 0 Å². The van der Waals surface area contributed by atoms with Crippen LogP contribution >= 0.6 is 0 Å². The first-order valence-corrected chi connectivity index (χ1v) is 11.4. The number of anilines is 1. The number of halogens is 1. The number of aryl methyl sites for hydroxylation is 1. The molecule has 4 rings (SSSR count). The molecule has 0 spiro atoms. The maximum Gasteiger partial charge on any atom is 0.244 e. The number of sulfone groups is 1. The van der Waals surface area contributed by atoms with Gasteiger partial charge in [-0.05, 0) is 42.3 Å². The molecule has 0 saturated carbocycles. The van der Waals surface area contributed by atoms with Gasteiger partial charge in [-0.2, -0.15) is 0 Å². The van der Waals surface area contributed by atoms with Crippen LogP contribution in [0.25, 0.3) is 10.9 Å². The molecule has 3 aromatic carbocycles. The van der Waals surface area contributed by atoms with Crippen molar-refractivity contribution in [3.63, 3.8) is 0 Å². The summed E-state index contributed by atoms with van der Waals surface area (Å²) < 4.78 is 41.1. The van der Waals surface area contributed by atoms with E-state index in [0.29, 0.717) is 22.2 Å². The number of amides is 1. The molecule has 7 heteroatoms. The van der Waals surface area contributed by atoms with Crippen LogP contribution in [0.1, 0.15) is 11.1 Å². The second kappa shape index (κ2) is 8.35. The largest absolute Gasteiger partial charge is 0.337 e. The van der Waals surface area contributed by atoms with Crippen LogP contribution in [-0.4, -0.2) is 18.9 Å². The van der Waals surface area contributed by atoms with E-state index in [4.69, 9.17) is 0 Å². The number of carbonyl (C=O) groups is 1. The average Bonchev–Trinajstić information content (AvgIpc) is 3.11. The van der Waals surface area contributed by atoms with Gasteiger partial charge >= 0.3 is 0 Å². The molecule has 0 saturated heterocycles. The number of rotatable bonds is 6. The van der Waals surface area contributed by atoms with Crippen LogP contribution in [0.4, 0.5) is 10.1 Å². The van der Waals surface area contributed by atoms with E-state index in [1.807, 2.05) is 31.2 Å². The second-order valence-corrected chi connectivity index (χ2v) is 9.35. The van der Waals surface area contributed by atoms with E-state index in [-0.39, 0.29) is 23.1 Å². The SMILES string of the molecule is Cc1ccccc1NC(=O)Cn1cc(S(=O)(=O)Cc2ccc(F)cc2)c2ccccc21. The van der Waals surface area contributed by atoms with Gasteiger partial charge in [0.15, 0.2) is 9.84 Å². The topological polar surface area (TPSA) is 68.2 Å². The van der Waals surface area contributed by atoms with Crippen LogP contribution in [-0.2, 0) is 26.9 Å². The lowest BCUT2D eigenvalue weighted by molar-refractivity contribution is -0.116. The molecule has 0 unspecified atom stereocenters. The van der Waals surface area contributed by atoms with E-state index < -0.39 is 15.7 Å². The molecule has 0 aliphatic rings. The number of benzene rings is 3. The Morgan fingerprint density at radius 1 is 0.968 bits per heavy atom. The van der Waals surface area contributed by atoms with E-state index in [9.17, 15) is 17.6 Å². The zero-order valence-electron chi connectivity index (χ0n) is 16.9. The minimum absolute atomic E-state index is 0.0269. The van der Waals surface area contributed by atoms with Gasteiger partial charge in [-0.1, -0.05) is 48.5 Å².